The Kier molecular flexibility index (Phi) is 4.83. The highest BCUT2D eigenvalue weighted by Gasteiger charge is 2.17. The van der Waals surface area contributed by atoms with Gasteiger partial charge in [-0.2, -0.15) is 0 Å². The van der Waals surface area contributed by atoms with Gasteiger partial charge in [-0.25, -0.2) is 19.4 Å². The van der Waals surface area contributed by atoms with Gasteiger partial charge >= 0.3 is 11.9 Å². The second-order valence-electron chi connectivity index (χ2n) is 4.18. The minimum atomic E-state index is -0.876. The molecule has 0 saturated heterocycles. The van der Waals surface area contributed by atoms with Gasteiger partial charge in [0, 0.05) is 5.02 Å². The molecule has 0 aromatic heterocycles. The van der Waals surface area contributed by atoms with Crippen LogP contribution in [0.4, 0.5) is 0 Å². The van der Waals surface area contributed by atoms with E-state index in [1.807, 2.05) is 0 Å². The first-order valence-corrected chi connectivity index (χ1v) is 6.68. The molecule has 0 radical (unpaired) electrons. The number of halogens is 2. The van der Waals surface area contributed by atoms with Crippen LogP contribution in [0.1, 0.15) is 26.3 Å². The highest BCUT2D eigenvalue weighted by Crippen LogP contribution is 2.22. The van der Waals surface area contributed by atoms with E-state index in [-0.39, 0.29) is 10.6 Å². The van der Waals surface area contributed by atoms with Gasteiger partial charge in [-0.15, -0.1) is 0 Å². The van der Waals surface area contributed by atoms with Crippen molar-refractivity contribution in [3.05, 3.63) is 69.2 Å². The first-order valence-electron chi connectivity index (χ1n) is 5.93. The van der Waals surface area contributed by atoms with Gasteiger partial charge in [-0.3, -0.25) is 0 Å². The lowest BCUT2D eigenvalue weighted by Crippen LogP contribution is -2.13. The highest BCUT2D eigenvalue weighted by atomic mass is 35.5. The number of aryl methyl sites for hydroxylation is 1. The molecule has 0 heterocycles. The summed E-state index contributed by atoms with van der Waals surface area (Å²) >= 11 is 11.6. The molecule has 2 aromatic rings. The number of benzene rings is 2. The molecule has 0 saturated carbocycles. The Bertz CT molecular complexity index is 698. The summed E-state index contributed by atoms with van der Waals surface area (Å²) in [5, 5.41) is 0.493. The second kappa shape index (κ2) is 6.61. The molecule has 0 spiro atoms. The standard InChI is InChI=1S/C15H10Cl2O4/c1-9-4-2-3-5-11(9)14(18)20-21-15(19)12-7-6-10(16)8-13(12)17/h2-8H,1H3. The van der Waals surface area contributed by atoms with Crippen LogP contribution in [0.3, 0.4) is 0 Å². The van der Waals surface area contributed by atoms with E-state index in [9.17, 15) is 9.59 Å². The van der Waals surface area contributed by atoms with Gasteiger partial charge in [-0.05, 0) is 36.8 Å². The zero-order valence-corrected chi connectivity index (χ0v) is 12.4. The number of carbonyl (C=O) groups excluding carboxylic acids is 2. The average Bonchev–Trinajstić information content (AvgIpc) is 2.45. The van der Waals surface area contributed by atoms with Gasteiger partial charge in [-0.1, -0.05) is 41.4 Å². The van der Waals surface area contributed by atoms with E-state index < -0.39 is 11.9 Å². The Balaban J connectivity index is 2.04. The van der Waals surface area contributed by atoms with Crippen LogP contribution in [-0.2, 0) is 9.78 Å². The first-order chi connectivity index (χ1) is 9.99. The van der Waals surface area contributed by atoms with Crippen molar-refractivity contribution in [1.29, 1.82) is 0 Å². The molecule has 0 aliphatic rings. The first kappa shape index (κ1) is 15.4. The number of carbonyl (C=O) groups is 2. The van der Waals surface area contributed by atoms with Crippen molar-refractivity contribution < 1.29 is 19.4 Å². The maximum absolute atomic E-state index is 11.8. The van der Waals surface area contributed by atoms with Gasteiger partial charge in [0.1, 0.15) is 0 Å². The fourth-order valence-electron chi connectivity index (χ4n) is 1.62. The van der Waals surface area contributed by atoms with Gasteiger partial charge in [0.15, 0.2) is 0 Å². The molecule has 0 N–H and O–H groups in total. The Hall–Kier alpha value is -2.04. The van der Waals surface area contributed by atoms with Crippen LogP contribution in [0, 0.1) is 6.92 Å². The molecule has 4 nitrogen and oxygen atoms in total. The Labute approximate surface area is 131 Å². The van der Waals surface area contributed by atoms with E-state index in [1.54, 1.807) is 31.2 Å². The van der Waals surface area contributed by atoms with E-state index in [0.29, 0.717) is 16.1 Å². The van der Waals surface area contributed by atoms with E-state index in [1.165, 1.54) is 18.2 Å². The maximum atomic E-state index is 11.8. The largest absolute Gasteiger partial charge is 0.387 e. The monoisotopic (exact) mass is 324 g/mol. The fraction of sp³-hybridized carbons (Fsp3) is 0.0667. The van der Waals surface area contributed by atoms with Crippen molar-refractivity contribution in [2.75, 3.05) is 0 Å². The molecule has 6 heteroatoms. The van der Waals surface area contributed by atoms with E-state index in [2.05, 4.69) is 9.78 Å². The van der Waals surface area contributed by atoms with Crippen molar-refractivity contribution in [2.45, 2.75) is 6.92 Å². The molecule has 0 fully saturated rings. The highest BCUT2D eigenvalue weighted by molar-refractivity contribution is 6.36. The van der Waals surface area contributed by atoms with Crippen LogP contribution in [0.15, 0.2) is 42.5 Å². The van der Waals surface area contributed by atoms with Crippen LogP contribution in [0.2, 0.25) is 10.0 Å². The molecule has 2 aromatic carbocycles. The lowest BCUT2D eigenvalue weighted by atomic mass is 10.1. The molecule has 0 aliphatic carbocycles. The summed E-state index contributed by atoms with van der Waals surface area (Å²) in [6.45, 7) is 1.74. The van der Waals surface area contributed by atoms with Crippen LogP contribution >= 0.6 is 23.2 Å². The average molecular weight is 325 g/mol. The van der Waals surface area contributed by atoms with Gasteiger partial charge in [0.25, 0.3) is 0 Å². The third-order valence-electron chi connectivity index (χ3n) is 2.71. The SMILES string of the molecule is Cc1ccccc1C(=O)OOC(=O)c1ccc(Cl)cc1Cl. The molecule has 0 atom stereocenters. The molecule has 0 aliphatic heterocycles. The van der Waals surface area contributed by atoms with E-state index in [0.717, 1.165) is 0 Å². The Morgan fingerprint density at radius 3 is 2.14 bits per heavy atom. The van der Waals surface area contributed by atoms with Crippen LogP contribution in [-0.4, -0.2) is 11.9 Å². The zero-order valence-electron chi connectivity index (χ0n) is 10.9. The van der Waals surface area contributed by atoms with Crippen molar-refractivity contribution in [3.8, 4) is 0 Å². The van der Waals surface area contributed by atoms with Gasteiger partial charge in [0.2, 0.25) is 0 Å². The topological polar surface area (TPSA) is 52.6 Å². The predicted molar refractivity (Wildman–Crippen MR) is 78.5 cm³/mol. The summed E-state index contributed by atoms with van der Waals surface area (Å²) in [5.74, 6) is -1.63. The normalized spacial score (nSPS) is 10.0. The minimum Gasteiger partial charge on any atom is -0.241 e. The molecule has 108 valence electrons. The smallest absolute Gasteiger partial charge is 0.241 e. The molecule has 2 rings (SSSR count). The third-order valence-corrected chi connectivity index (χ3v) is 3.26. The molecule has 0 amide bonds. The summed E-state index contributed by atoms with van der Waals surface area (Å²) in [6.07, 6.45) is 0. The van der Waals surface area contributed by atoms with Crippen LogP contribution in [0.5, 0.6) is 0 Å². The summed E-state index contributed by atoms with van der Waals surface area (Å²) in [5.41, 5.74) is 1.08. The maximum Gasteiger partial charge on any atom is 0.387 e. The summed E-state index contributed by atoms with van der Waals surface area (Å²) < 4.78 is 0. The van der Waals surface area contributed by atoms with Crippen LogP contribution in [0.25, 0.3) is 0 Å². The quantitative estimate of drug-likeness (QED) is 0.612. The van der Waals surface area contributed by atoms with Crippen molar-refractivity contribution in [2.24, 2.45) is 0 Å². The lowest BCUT2D eigenvalue weighted by Gasteiger charge is -2.06. The molecular weight excluding hydrogens is 315 g/mol. The minimum absolute atomic E-state index is 0.0543. The third kappa shape index (κ3) is 3.74. The number of hydrogen-bond donors (Lipinski definition) is 0. The van der Waals surface area contributed by atoms with Crippen LogP contribution < -0.4 is 0 Å². The zero-order chi connectivity index (χ0) is 15.4. The second-order valence-corrected chi connectivity index (χ2v) is 5.02. The lowest BCUT2D eigenvalue weighted by molar-refractivity contribution is -0.187. The van der Waals surface area contributed by atoms with Gasteiger partial charge in [0.05, 0.1) is 16.1 Å². The summed E-state index contributed by atoms with van der Waals surface area (Å²) in [7, 11) is 0. The van der Waals surface area contributed by atoms with Crippen molar-refractivity contribution in [1.82, 2.24) is 0 Å². The molecule has 21 heavy (non-hydrogen) atoms. The van der Waals surface area contributed by atoms with Gasteiger partial charge < -0.3 is 0 Å². The molecule has 0 bridgehead atoms. The number of rotatable bonds is 2. The van der Waals surface area contributed by atoms with Crippen molar-refractivity contribution in [3.63, 3.8) is 0 Å². The Morgan fingerprint density at radius 2 is 1.52 bits per heavy atom. The number of hydrogen-bond acceptors (Lipinski definition) is 4. The summed E-state index contributed by atoms with van der Waals surface area (Å²) in [6, 6.07) is 11.0. The Morgan fingerprint density at radius 1 is 0.905 bits per heavy atom. The molecule has 0 unspecified atom stereocenters. The molecular formula is C15H10Cl2O4. The predicted octanol–water partition coefficient (Wildman–Crippen LogP) is 4.23. The van der Waals surface area contributed by atoms with E-state index in [4.69, 9.17) is 23.2 Å². The fourth-order valence-corrected chi connectivity index (χ4v) is 2.11. The van der Waals surface area contributed by atoms with Crippen molar-refractivity contribution >= 4 is 35.1 Å². The summed E-state index contributed by atoms with van der Waals surface area (Å²) in [4.78, 5) is 32.6. The van der Waals surface area contributed by atoms with E-state index >= 15 is 0 Å².